The van der Waals surface area contributed by atoms with Crippen molar-refractivity contribution in [3.05, 3.63) is 71.2 Å². The Morgan fingerprint density at radius 2 is 2.00 bits per heavy atom. The van der Waals surface area contributed by atoms with Gasteiger partial charge in [-0.2, -0.15) is 18.3 Å². The van der Waals surface area contributed by atoms with Crippen LogP contribution in [0.25, 0.3) is 0 Å². The van der Waals surface area contributed by atoms with Crippen LogP contribution >= 0.6 is 0 Å². The molecule has 0 saturated heterocycles. The SMILES string of the molecule is CC(=O)OC(c1ccnc(C)c1)c1cc(Nc2cccc(C(F)(F)F)c2)n[nH]1. The van der Waals surface area contributed by atoms with E-state index in [9.17, 15) is 18.0 Å². The van der Waals surface area contributed by atoms with Gasteiger partial charge in [0.05, 0.1) is 11.3 Å². The van der Waals surface area contributed by atoms with Gasteiger partial charge in [0, 0.05) is 36.1 Å². The molecule has 2 aromatic heterocycles. The van der Waals surface area contributed by atoms with Crippen LogP contribution in [-0.4, -0.2) is 21.2 Å². The molecule has 1 unspecified atom stereocenters. The molecule has 1 atom stereocenters. The summed E-state index contributed by atoms with van der Waals surface area (Å²) in [7, 11) is 0. The molecule has 0 fully saturated rings. The lowest BCUT2D eigenvalue weighted by molar-refractivity contribution is -0.145. The number of pyridine rings is 1. The molecule has 0 aliphatic rings. The summed E-state index contributed by atoms with van der Waals surface area (Å²) in [6, 6.07) is 9.84. The highest BCUT2D eigenvalue weighted by molar-refractivity contribution is 5.67. The van der Waals surface area contributed by atoms with Crippen molar-refractivity contribution in [2.75, 3.05) is 5.32 Å². The van der Waals surface area contributed by atoms with Gasteiger partial charge in [-0.1, -0.05) is 6.07 Å². The Bertz CT molecular complexity index is 985. The van der Waals surface area contributed by atoms with E-state index in [0.717, 1.165) is 17.8 Å². The van der Waals surface area contributed by atoms with Gasteiger partial charge in [-0.05, 0) is 37.3 Å². The average Bonchev–Trinajstić information content (AvgIpc) is 3.07. The standard InChI is InChI=1S/C19H17F3N4O2/c1-11-8-13(6-7-23-11)18(28-12(2)27)16-10-17(26-25-16)24-15-5-3-4-14(9-15)19(20,21)22/h3-10,18H,1-2H3,(H2,24,25,26). The molecule has 0 saturated carbocycles. The highest BCUT2D eigenvalue weighted by Crippen LogP contribution is 2.32. The van der Waals surface area contributed by atoms with Crippen molar-refractivity contribution < 1.29 is 22.7 Å². The van der Waals surface area contributed by atoms with Gasteiger partial charge >= 0.3 is 12.1 Å². The molecule has 3 aromatic rings. The summed E-state index contributed by atoms with van der Waals surface area (Å²) in [5.74, 6) is -0.196. The van der Waals surface area contributed by atoms with Gasteiger partial charge in [0.2, 0.25) is 0 Å². The van der Waals surface area contributed by atoms with Crippen molar-refractivity contribution >= 4 is 17.5 Å². The molecule has 9 heteroatoms. The molecule has 1 aromatic carbocycles. The van der Waals surface area contributed by atoms with Crippen molar-refractivity contribution in [1.29, 1.82) is 0 Å². The van der Waals surface area contributed by atoms with Gasteiger partial charge in [0.15, 0.2) is 11.9 Å². The van der Waals surface area contributed by atoms with Gasteiger partial charge < -0.3 is 10.1 Å². The number of aromatic amines is 1. The summed E-state index contributed by atoms with van der Waals surface area (Å²) in [4.78, 5) is 15.6. The van der Waals surface area contributed by atoms with E-state index in [2.05, 4.69) is 20.5 Å². The van der Waals surface area contributed by atoms with Gasteiger partial charge in [0.1, 0.15) is 0 Å². The van der Waals surface area contributed by atoms with E-state index in [1.807, 2.05) is 6.92 Å². The molecule has 0 spiro atoms. The first-order chi connectivity index (χ1) is 13.2. The number of H-pyrrole nitrogens is 1. The fraction of sp³-hybridized carbons (Fsp3) is 0.211. The van der Waals surface area contributed by atoms with Crippen LogP contribution in [0, 0.1) is 6.92 Å². The van der Waals surface area contributed by atoms with Crippen LogP contribution in [0.5, 0.6) is 0 Å². The minimum atomic E-state index is -4.44. The summed E-state index contributed by atoms with van der Waals surface area (Å²) in [6.45, 7) is 3.10. The number of nitrogens with zero attached hydrogens (tertiary/aromatic N) is 2. The molecule has 3 rings (SSSR count). The third kappa shape index (κ3) is 4.67. The number of alkyl halides is 3. The Labute approximate surface area is 158 Å². The molecule has 2 heterocycles. The first kappa shape index (κ1) is 19.4. The van der Waals surface area contributed by atoms with Crippen molar-refractivity contribution in [3.63, 3.8) is 0 Å². The van der Waals surface area contributed by atoms with Crippen LogP contribution in [0.1, 0.15) is 35.5 Å². The molecule has 0 bridgehead atoms. The summed E-state index contributed by atoms with van der Waals surface area (Å²) in [6.07, 6.45) is -3.59. The topological polar surface area (TPSA) is 79.9 Å². The Kier molecular flexibility index (Phi) is 5.34. The number of esters is 1. The number of rotatable bonds is 5. The minimum Gasteiger partial charge on any atom is -0.451 e. The molecular weight excluding hydrogens is 373 g/mol. The number of hydrogen-bond donors (Lipinski definition) is 2. The number of carbonyl (C=O) groups is 1. The maximum Gasteiger partial charge on any atom is 0.416 e. The highest BCUT2D eigenvalue weighted by atomic mass is 19.4. The van der Waals surface area contributed by atoms with Crippen LogP contribution < -0.4 is 5.32 Å². The second-order valence-electron chi connectivity index (χ2n) is 6.13. The van der Waals surface area contributed by atoms with Gasteiger partial charge in [-0.3, -0.25) is 14.9 Å². The van der Waals surface area contributed by atoms with Crippen LogP contribution in [-0.2, 0) is 15.7 Å². The van der Waals surface area contributed by atoms with E-state index < -0.39 is 23.8 Å². The van der Waals surface area contributed by atoms with Crippen molar-refractivity contribution in [2.45, 2.75) is 26.1 Å². The normalized spacial score (nSPS) is 12.5. The summed E-state index contributed by atoms with van der Waals surface area (Å²) >= 11 is 0. The fourth-order valence-electron chi connectivity index (χ4n) is 2.66. The van der Waals surface area contributed by atoms with Crippen molar-refractivity contribution in [2.24, 2.45) is 0 Å². The summed E-state index contributed by atoms with van der Waals surface area (Å²) < 4.78 is 44.0. The molecule has 2 N–H and O–H groups in total. The zero-order valence-electron chi connectivity index (χ0n) is 15.0. The first-order valence-corrected chi connectivity index (χ1v) is 8.32. The van der Waals surface area contributed by atoms with Crippen LogP contribution in [0.15, 0.2) is 48.7 Å². The maximum atomic E-state index is 12.9. The molecule has 0 amide bonds. The monoisotopic (exact) mass is 390 g/mol. The number of aryl methyl sites for hydroxylation is 1. The Morgan fingerprint density at radius 3 is 2.68 bits per heavy atom. The molecule has 0 radical (unpaired) electrons. The lowest BCUT2D eigenvalue weighted by Gasteiger charge is -2.16. The van der Waals surface area contributed by atoms with Crippen LogP contribution in [0.3, 0.4) is 0 Å². The zero-order chi connectivity index (χ0) is 20.3. The van der Waals surface area contributed by atoms with Gasteiger partial charge in [-0.25, -0.2) is 0 Å². The average molecular weight is 390 g/mol. The number of nitrogens with one attached hydrogen (secondary N) is 2. The van der Waals surface area contributed by atoms with Crippen molar-refractivity contribution in [1.82, 2.24) is 15.2 Å². The molecule has 146 valence electrons. The molecule has 0 aliphatic carbocycles. The number of halogens is 3. The molecular formula is C19H17F3N4O2. The number of ether oxygens (including phenoxy) is 1. The number of hydrogen-bond acceptors (Lipinski definition) is 5. The fourth-order valence-corrected chi connectivity index (χ4v) is 2.66. The number of aromatic nitrogens is 3. The Balaban J connectivity index is 1.86. The largest absolute Gasteiger partial charge is 0.451 e. The second kappa shape index (κ2) is 7.71. The maximum absolute atomic E-state index is 12.9. The van der Waals surface area contributed by atoms with E-state index in [0.29, 0.717) is 11.3 Å². The Morgan fingerprint density at radius 1 is 1.21 bits per heavy atom. The molecule has 0 aliphatic heterocycles. The predicted octanol–water partition coefficient (Wildman–Crippen LogP) is 4.53. The number of benzene rings is 1. The highest BCUT2D eigenvalue weighted by Gasteiger charge is 2.30. The minimum absolute atomic E-state index is 0.233. The second-order valence-corrected chi connectivity index (χ2v) is 6.13. The summed E-state index contributed by atoms with van der Waals surface area (Å²) in [5.41, 5.74) is 1.37. The first-order valence-electron chi connectivity index (χ1n) is 8.32. The zero-order valence-corrected chi connectivity index (χ0v) is 15.0. The van der Waals surface area contributed by atoms with E-state index >= 15 is 0 Å². The lowest BCUT2D eigenvalue weighted by atomic mass is 10.1. The predicted molar refractivity (Wildman–Crippen MR) is 95.9 cm³/mol. The number of carbonyl (C=O) groups excluding carboxylic acids is 1. The van der Waals surface area contributed by atoms with Crippen molar-refractivity contribution in [3.8, 4) is 0 Å². The molecule has 28 heavy (non-hydrogen) atoms. The van der Waals surface area contributed by atoms with Gasteiger partial charge in [-0.15, -0.1) is 0 Å². The van der Waals surface area contributed by atoms with E-state index in [1.54, 1.807) is 24.4 Å². The smallest absolute Gasteiger partial charge is 0.416 e. The van der Waals surface area contributed by atoms with Crippen LogP contribution in [0.4, 0.5) is 24.7 Å². The number of anilines is 2. The van der Waals surface area contributed by atoms with Crippen LogP contribution in [0.2, 0.25) is 0 Å². The lowest BCUT2D eigenvalue weighted by Crippen LogP contribution is -2.11. The third-order valence-corrected chi connectivity index (χ3v) is 3.85. The quantitative estimate of drug-likeness (QED) is 0.626. The van der Waals surface area contributed by atoms with Gasteiger partial charge in [0.25, 0.3) is 0 Å². The van der Waals surface area contributed by atoms with E-state index in [4.69, 9.17) is 4.74 Å². The summed E-state index contributed by atoms with van der Waals surface area (Å²) in [5, 5.41) is 9.63. The Hall–Kier alpha value is -3.36. The molecule has 6 nitrogen and oxygen atoms in total. The third-order valence-electron chi connectivity index (χ3n) is 3.85. The van der Waals surface area contributed by atoms with E-state index in [-0.39, 0.29) is 11.5 Å². The van der Waals surface area contributed by atoms with E-state index in [1.165, 1.54) is 19.1 Å².